The van der Waals surface area contributed by atoms with Gasteiger partial charge in [-0.3, -0.25) is 4.79 Å². The van der Waals surface area contributed by atoms with Gasteiger partial charge in [0.2, 0.25) is 0 Å². The Bertz CT molecular complexity index is 889. The second-order valence-corrected chi connectivity index (χ2v) is 7.34. The zero-order chi connectivity index (χ0) is 21.6. The molecule has 1 amide bonds. The number of pyridine rings is 1. The molecule has 1 unspecified atom stereocenters. The summed E-state index contributed by atoms with van der Waals surface area (Å²) in [7, 11) is 1.44. The number of carbonyl (C=O) groups is 2. The highest BCUT2D eigenvalue weighted by molar-refractivity contribution is 6.33. The molecular weight excluding hydrogens is 419 g/mol. The largest absolute Gasteiger partial charge is 0.493 e. The number of hydrogen-bond donors (Lipinski definition) is 1. The highest BCUT2D eigenvalue weighted by Crippen LogP contribution is 2.37. The van der Waals surface area contributed by atoms with Gasteiger partial charge in [0.25, 0.3) is 5.91 Å². The molecule has 1 atom stereocenters. The fraction of sp³-hybridized carbons (Fsp3) is 0.350. The van der Waals surface area contributed by atoms with Crippen LogP contribution in [-0.4, -0.2) is 36.7 Å². The molecule has 2 aromatic rings. The molecule has 0 saturated heterocycles. The van der Waals surface area contributed by atoms with E-state index in [0.29, 0.717) is 23.8 Å². The first-order valence-electron chi connectivity index (χ1n) is 8.85. The minimum absolute atomic E-state index is 0.128. The lowest BCUT2D eigenvalue weighted by atomic mass is 10.2. The maximum atomic E-state index is 12.5. The van der Waals surface area contributed by atoms with E-state index in [2.05, 4.69) is 10.3 Å². The van der Waals surface area contributed by atoms with Gasteiger partial charge in [-0.2, -0.15) is 0 Å². The molecule has 0 aliphatic rings. The number of rotatable bonds is 8. The van der Waals surface area contributed by atoms with Crippen molar-refractivity contribution in [2.45, 2.75) is 26.9 Å². The third-order valence-corrected chi connectivity index (χ3v) is 4.28. The number of esters is 1. The third-order valence-electron chi connectivity index (χ3n) is 3.70. The Hall–Kier alpha value is -2.51. The molecule has 156 valence electrons. The van der Waals surface area contributed by atoms with Crippen LogP contribution in [0.5, 0.6) is 11.5 Å². The number of aromatic nitrogens is 1. The van der Waals surface area contributed by atoms with E-state index in [1.165, 1.54) is 32.4 Å². The summed E-state index contributed by atoms with van der Waals surface area (Å²) in [6.45, 7) is 5.87. The normalized spacial score (nSPS) is 11.7. The van der Waals surface area contributed by atoms with Gasteiger partial charge in [0.1, 0.15) is 0 Å². The summed E-state index contributed by atoms with van der Waals surface area (Å²) >= 11 is 12.2. The van der Waals surface area contributed by atoms with Gasteiger partial charge in [0.15, 0.2) is 22.8 Å². The molecule has 1 heterocycles. The molecule has 7 nitrogen and oxygen atoms in total. The van der Waals surface area contributed by atoms with Gasteiger partial charge in [-0.1, -0.05) is 37.0 Å². The molecule has 9 heteroatoms. The molecule has 0 aliphatic carbocycles. The number of nitrogens with one attached hydrogen (secondary N) is 1. The predicted octanol–water partition coefficient (Wildman–Crippen LogP) is 4.62. The van der Waals surface area contributed by atoms with Gasteiger partial charge < -0.3 is 19.5 Å². The first-order chi connectivity index (χ1) is 13.7. The Morgan fingerprint density at radius 1 is 1.21 bits per heavy atom. The molecule has 0 fully saturated rings. The lowest BCUT2D eigenvalue weighted by Crippen LogP contribution is -2.30. The number of anilines is 1. The summed E-state index contributed by atoms with van der Waals surface area (Å²) in [5.41, 5.74) is 0.446. The van der Waals surface area contributed by atoms with Crippen LogP contribution in [0.2, 0.25) is 10.2 Å². The highest BCUT2D eigenvalue weighted by Gasteiger charge is 2.22. The topological polar surface area (TPSA) is 86.8 Å². The van der Waals surface area contributed by atoms with Crippen molar-refractivity contribution in [3.05, 3.63) is 46.2 Å². The number of hydrogen-bond acceptors (Lipinski definition) is 6. The standard InChI is InChI=1S/C20H22Cl2N2O5/c1-11(2)10-28-17-14(21)8-13(9-16(17)27-4)20(26)29-12(3)19(25)24-15-6-5-7-23-18(15)22/h5-9,11-12H,10H2,1-4H3,(H,24,25). The zero-order valence-electron chi connectivity index (χ0n) is 16.5. The minimum atomic E-state index is -1.08. The van der Waals surface area contributed by atoms with Gasteiger partial charge in [0, 0.05) is 6.20 Å². The molecular formula is C20H22Cl2N2O5. The first-order valence-corrected chi connectivity index (χ1v) is 9.61. The van der Waals surface area contributed by atoms with E-state index in [0.717, 1.165) is 0 Å². The molecule has 0 spiro atoms. The quantitative estimate of drug-likeness (QED) is 0.476. The fourth-order valence-corrected chi connectivity index (χ4v) is 2.66. The van der Waals surface area contributed by atoms with Gasteiger partial charge in [-0.05, 0) is 37.1 Å². The van der Waals surface area contributed by atoms with Crippen molar-refractivity contribution in [3.8, 4) is 11.5 Å². The molecule has 29 heavy (non-hydrogen) atoms. The van der Waals surface area contributed by atoms with Gasteiger partial charge in [-0.15, -0.1) is 0 Å². The van der Waals surface area contributed by atoms with E-state index in [1.807, 2.05) is 13.8 Å². The Kier molecular flexibility index (Phi) is 8.10. The number of carbonyl (C=O) groups excluding carboxylic acids is 2. The molecule has 0 saturated carbocycles. The van der Waals surface area contributed by atoms with E-state index in [1.54, 1.807) is 12.1 Å². The van der Waals surface area contributed by atoms with Crippen LogP contribution < -0.4 is 14.8 Å². The van der Waals surface area contributed by atoms with Gasteiger partial charge >= 0.3 is 5.97 Å². The number of ether oxygens (including phenoxy) is 3. The van der Waals surface area contributed by atoms with Crippen LogP contribution in [0.15, 0.2) is 30.5 Å². The summed E-state index contributed by atoms with van der Waals surface area (Å²) in [4.78, 5) is 28.6. The van der Waals surface area contributed by atoms with Crippen molar-refractivity contribution in [3.63, 3.8) is 0 Å². The average Bonchev–Trinajstić information content (AvgIpc) is 2.67. The molecule has 2 rings (SSSR count). The zero-order valence-corrected chi connectivity index (χ0v) is 18.0. The summed E-state index contributed by atoms with van der Waals surface area (Å²) in [5.74, 6) is -0.363. The lowest BCUT2D eigenvalue weighted by Gasteiger charge is -2.17. The summed E-state index contributed by atoms with van der Waals surface area (Å²) in [6, 6.07) is 6.06. The second-order valence-electron chi connectivity index (χ2n) is 6.57. The smallest absolute Gasteiger partial charge is 0.339 e. The van der Waals surface area contributed by atoms with Crippen molar-refractivity contribution >= 4 is 40.8 Å². The summed E-state index contributed by atoms with van der Waals surface area (Å²) in [5, 5.41) is 2.89. The molecule has 0 aliphatic heterocycles. The summed E-state index contributed by atoms with van der Waals surface area (Å²) in [6.07, 6.45) is 0.410. The molecule has 1 aromatic heterocycles. The Labute approximate surface area is 179 Å². The van der Waals surface area contributed by atoms with Crippen molar-refractivity contribution < 1.29 is 23.8 Å². The predicted molar refractivity (Wildman–Crippen MR) is 111 cm³/mol. The van der Waals surface area contributed by atoms with Crippen molar-refractivity contribution in [2.75, 3.05) is 19.0 Å². The SMILES string of the molecule is COc1cc(C(=O)OC(C)C(=O)Nc2cccnc2Cl)cc(Cl)c1OCC(C)C. The number of amides is 1. The van der Waals surface area contributed by atoms with Gasteiger partial charge in [0.05, 0.1) is 30.0 Å². The van der Waals surface area contributed by atoms with Crippen molar-refractivity contribution in [1.29, 1.82) is 0 Å². The van der Waals surface area contributed by atoms with Crippen LogP contribution in [0.25, 0.3) is 0 Å². The highest BCUT2D eigenvalue weighted by atomic mass is 35.5. The average molecular weight is 441 g/mol. The number of benzene rings is 1. The van der Waals surface area contributed by atoms with Crippen molar-refractivity contribution in [2.24, 2.45) is 5.92 Å². The van der Waals surface area contributed by atoms with Crippen LogP contribution in [0, 0.1) is 5.92 Å². The summed E-state index contributed by atoms with van der Waals surface area (Å²) < 4.78 is 16.2. The maximum absolute atomic E-state index is 12.5. The van der Waals surface area contributed by atoms with E-state index in [-0.39, 0.29) is 21.7 Å². The van der Waals surface area contributed by atoms with E-state index >= 15 is 0 Å². The monoisotopic (exact) mass is 440 g/mol. The van der Waals surface area contributed by atoms with E-state index in [9.17, 15) is 9.59 Å². The number of halogens is 2. The Balaban J connectivity index is 2.10. The third kappa shape index (κ3) is 6.24. The second kappa shape index (κ2) is 10.3. The van der Waals surface area contributed by atoms with Crippen LogP contribution in [0.4, 0.5) is 5.69 Å². The number of methoxy groups -OCH3 is 1. The van der Waals surface area contributed by atoms with Crippen LogP contribution in [0.3, 0.4) is 0 Å². The van der Waals surface area contributed by atoms with Crippen LogP contribution >= 0.6 is 23.2 Å². The Morgan fingerprint density at radius 3 is 2.55 bits per heavy atom. The maximum Gasteiger partial charge on any atom is 0.339 e. The first kappa shape index (κ1) is 22.8. The fourth-order valence-electron chi connectivity index (χ4n) is 2.22. The lowest BCUT2D eigenvalue weighted by molar-refractivity contribution is -0.123. The van der Waals surface area contributed by atoms with E-state index < -0.39 is 18.0 Å². The molecule has 1 aromatic carbocycles. The van der Waals surface area contributed by atoms with Crippen LogP contribution in [-0.2, 0) is 9.53 Å². The molecule has 1 N–H and O–H groups in total. The van der Waals surface area contributed by atoms with Gasteiger partial charge in [-0.25, -0.2) is 9.78 Å². The molecule has 0 bridgehead atoms. The minimum Gasteiger partial charge on any atom is -0.493 e. The number of nitrogens with zero attached hydrogens (tertiary/aromatic N) is 1. The van der Waals surface area contributed by atoms with E-state index in [4.69, 9.17) is 37.4 Å². The van der Waals surface area contributed by atoms with Crippen LogP contribution in [0.1, 0.15) is 31.1 Å². The van der Waals surface area contributed by atoms with Crippen molar-refractivity contribution in [1.82, 2.24) is 4.98 Å². The molecule has 0 radical (unpaired) electrons. The Morgan fingerprint density at radius 2 is 1.93 bits per heavy atom.